The number of rotatable bonds is 2. The topological polar surface area (TPSA) is 0 Å². The van der Waals surface area contributed by atoms with Gasteiger partial charge in [-0.3, -0.25) is 0 Å². The van der Waals surface area contributed by atoms with Crippen molar-refractivity contribution in [2.45, 2.75) is 77.0 Å². The van der Waals surface area contributed by atoms with E-state index in [-0.39, 0.29) is 0 Å². The van der Waals surface area contributed by atoms with Crippen molar-refractivity contribution < 1.29 is 17.1 Å². The van der Waals surface area contributed by atoms with Crippen LogP contribution in [-0.4, -0.2) is 0 Å². The molecule has 0 fully saturated rings. The van der Waals surface area contributed by atoms with Gasteiger partial charge in [-0.25, -0.2) is 0 Å². The van der Waals surface area contributed by atoms with Crippen molar-refractivity contribution in [2.24, 2.45) is 0 Å². The van der Waals surface area contributed by atoms with Crippen LogP contribution in [0.4, 0.5) is 0 Å². The average Bonchev–Trinajstić information content (AvgIpc) is 2.24. The molecule has 0 aromatic heterocycles. The third-order valence-corrected chi connectivity index (χ3v) is 6.19. The van der Waals surface area contributed by atoms with Gasteiger partial charge in [-0.1, -0.05) is 0 Å². The van der Waals surface area contributed by atoms with Crippen molar-refractivity contribution in [3.8, 4) is 0 Å². The first-order chi connectivity index (χ1) is 8.45. The van der Waals surface area contributed by atoms with Crippen LogP contribution >= 0.6 is 0 Å². The Hall–Kier alpha value is 0.103. The molecular formula is C16H26Rh. The van der Waals surface area contributed by atoms with Crippen LogP contribution in [0.5, 0.6) is 0 Å². The molecule has 0 aromatic carbocycles. The van der Waals surface area contributed by atoms with Crippen molar-refractivity contribution in [1.82, 2.24) is 0 Å². The molecule has 99 valence electrons. The monoisotopic (exact) mass is 321 g/mol. The standard InChI is InChI=1S/2C8H13.Rh/c2*1-2-4-6-8-7-5-3-1;/h2*1H,2,4-8H2;. The molecule has 0 saturated heterocycles. The summed E-state index contributed by atoms with van der Waals surface area (Å²) in [5.74, 6) is 0. The molecule has 0 heterocycles. The normalized spacial score (nSPS) is 24.0. The van der Waals surface area contributed by atoms with Crippen LogP contribution in [0.25, 0.3) is 0 Å². The van der Waals surface area contributed by atoms with Crippen LogP contribution in [0, 0.1) is 0 Å². The minimum absolute atomic E-state index is 0.631. The molecule has 2 aliphatic carbocycles. The van der Waals surface area contributed by atoms with Crippen molar-refractivity contribution in [3.63, 3.8) is 0 Å². The molecule has 0 saturated carbocycles. The second kappa shape index (κ2) is 8.25. The average molecular weight is 321 g/mol. The van der Waals surface area contributed by atoms with Gasteiger partial charge in [-0.15, -0.1) is 0 Å². The van der Waals surface area contributed by atoms with Gasteiger partial charge >= 0.3 is 115 Å². The van der Waals surface area contributed by atoms with E-state index < -0.39 is 0 Å². The van der Waals surface area contributed by atoms with Crippen LogP contribution in [0.3, 0.4) is 0 Å². The van der Waals surface area contributed by atoms with Crippen molar-refractivity contribution in [2.75, 3.05) is 0 Å². The van der Waals surface area contributed by atoms with E-state index >= 15 is 0 Å². The molecule has 0 N–H and O–H groups in total. The summed E-state index contributed by atoms with van der Waals surface area (Å²) >= 11 is 0.631. The molecule has 17 heavy (non-hydrogen) atoms. The third-order valence-electron chi connectivity index (χ3n) is 3.64. The second-order valence-electron chi connectivity index (χ2n) is 5.23. The van der Waals surface area contributed by atoms with Gasteiger partial charge in [0.15, 0.2) is 0 Å². The van der Waals surface area contributed by atoms with Crippen molar-refractivity contribution in [1.29, 1.82) is 0 Å². The van der Waals surface area contributed by atoms with E-state index in [1.807, 2.05) is 8.33 Å². The van der Waals surface area contributed by atoms with Gasteiger partial charge in [0.1, 0.15) is 0 Å². The summed E-state index contributed by atoms with van der Waals surface area (Å²) in [5.41, 5.74) is 0. The fraction of sp³-hybridized carbons (Fsp3) is 0.750. The summed E-state index contributed by atoms with van der Waals surface area (Å²) in [6, 6.07) is 0. The molecule has 0 atom stereocenters. The molecule has 1 heteroatoms. The molecule has 0 aliphatic heterocycles. The van der Waals surface area contributed by atoms with E-state index in [9.17, 15) is 0 Å². The van der Waals surface area contributed by atoms with Crippen LogP contribution in [0.15, 0.2) is 20.5 Å². The zero-order valence-electron chi connectivity index (χ0n) is 11.0. The maximum atomic E-state index is 2.59. The molecule has 0 nitrogen and oxygen atoms in total. The summed E-state index contributed by atoms with van der Waals surface area (Å²) in [6.07, 6.45) is 22.3. The first kappa shape index (κ1) is 13.5. The molecule has 0 unspecified atom stereocenters. The van der Waals surface area contributed by atoms with Gasteiger partial charge in [-0.05, 0) is 0 Å². The Bertz CT molecular complexity index is 247. The van der Waals surface area contributed by atoms with Crippen LogP contribution in [-0.2, 0) is 17.1 Å². The van der Waals surface area contributed by atoms with E-state index in [0.29, 0.717) is 17.1 Å². The summed E-state index contributed by atoms with van der Waals surface area (Å²) < 4.78 is 3.63. The Morgan fingerprint density at radius 1 is 0.588 bits per heavy atom. The van der Waals surface area contributed by atoms with E-state index in [2.05, 4.69) is 12.2 Å². The van der Waals surface area contributed by atoms with Crippen LogP contribution in [0.1, 0.15) is 77.0 Å². The second-order valence-corrected chi connectivity index (χ2v) is 7.75. The Morgan fingerprint density at radius 3 is 1.59 bits per heavy atom. The summed E-state index contributed by atoms with van der Waals surface area (Å²) in [7, 11) is 0. The Balaban J connectivity index is 1.88. The number of hydrogen-bond acceptors (Lipinski definition) is 0. The SMILES string of the molecule is C1=[C]([Rh][C]2=CCCCCCC2)CCCCCC1. The molecule has 0 spiro atoms. The van der Waals surface area contributed by atoms with E-state index in [1.165, 1.54) is 77.0 Å². The molecule has 0 aromatic rings. The van der Waals surface area contributed by atoms with Crippen molar-refractivity contribution >= 4 is 0 Å². The van der Waals surface area contributed by atoms with Crippen LogP contribution in [0.2, 0.25) is 0 Å². The Labute approximate surface area is 115 Å². The summed E-state index contributed by atoms with van der Waals surface area (Å²) in [4.78, 5) is 0. The zero-order valence-corrected chi connectivity index (χ0v) is 12.6. The number of hydrogen-bond donors (Lipinski definition) is 0. The van der Waals surface area contributed by atoms with E-state index in [1.54, 1.807) is 0 Å². The third kappa shape index (κ3) is 5.51. The predicted octanol–water partition coefficient (Wildman–Crippen LogP) is 5.55. The van der Waals surface area contributed by atoms with Gasteiger partial charge in [-0.2, -0.15) is 0 Å². The van der Waals surface area contributed by atoms with Gasteiger partial charge in [0, 0.05) is 0 Å². The molecular weight excluding hydrogens is 295 g/mol. The first-order valence-corrected chi connectivity index (χ1v) is 9.07. The van der Waals surface area contributed by atoms with Gasteiger partial charge < -0.3 is 0 Å². The van der Waals surface area contributed by atoms with Crippen LogP contribution < -0.4 is 0 Å². The molecule has 2 rings (SSSR count). The van der Waals surface area contributed by atoms with Gasteiger partial charge in [0.2, 0.25) is 0 Å². The van der Waals surface area contributed by atoms with E-state index in [4.69, 9.17) is 0 Å². The molecule has 0 bridgehead atoms. The Morgan fingerprint density at radius 2 is 1.06 bits per heavy atom. The minimum atomic E-state index is 0.631. The van der Waals surface area contributed by atoms with Gasteiger partial charge in [0.25, 0.3) is 0 Å². The van der Waals surface area contributed by atoms with Gasteiger partial charge in [0.05, 0.1) is 0 Å². The zero-order chi connectivity index (χ0) is 11.8. The molecule has 2 aliphatic rings. The Kier molecular flexibility index (Phi) is 6.57. The van der Waals surface area contributed by atoms with Crippen molar-refractivity contribution in [3.05, 3.63) is 20.5 Å². The maximum absolute atomic E-state index is 2.59. The van der Waals surface area contributed by atoms with E-state index in [0.717, 1.165) is 0 Å². The molecule has 0 amide bonds. The quantitative estimate of drug-likeness (QED) is 0.585. The summed E-state index contributed by atoms with van der Waals surface area (Å²) in [5, 5.41) is 0. The first-order valence-electron chi connectivity index (χ1n) is 7.43. The number of allylic oxidation sites excluding steroid dienone is 4. The predicted molar refractivity (Wildman–Crippen MR) is 71.6 cm³/mol. The fourth-order valence-electron chi connectivity index (χ4n) is 2.57. The summed E-state index contributed by atoms with van der Waals surface area (Å²) in [6.45, 7) is 0. The molecule has 0 radical (unpaired) electrons. The fourth-order valence-corrected chi connectivity index (χ4v) is 5.04.